The molecule has 3 heteroatoms. The van der Waals surface area contributed by atoms with Gasteiger partial charge in [0.05, 0.1) is 5.52 Å². The van der Waals surface area contributed by atoms with Crippen molar-refractivity contribution in [2.45, 2.75) is 77.6 Å². The van der Waals surface area contributed by atoms with Gasteiger partial charge in [0, 0.05) is 11.8 Å². The molecule has 2 aromatic rings. The van der Waals surface area contributed by atoms with Crippen LogP contribution in [0.1, 0.15) is 77.0 Å². The standard InChI is InChI=1S/C20H31N3/c1-2-3-4-5-6-7-8-9-10-11-16-19-22-18-15-13-12-14-17(18)20(21)23-19/h12-15H,2-11,16H2,1H3,(H2,21,22,23). The molecule has 0 unspecified atom stereocenters. The molecule has 0 spiro atoms. The summed E-state index contributed by atoms with van der Waals surface area (Å²) < 4.78 is 0. The van der Waals surface area contributed by atoms with Gasteiger partial charge < -0.3 is 5.73 Å². The smallest absolute Gasteiger partial charge is 0.135 e. The highest BCUT2D eigenvalue weighted by molar-refractivity contribution is 5.87. The van der Waals surface area contributed by atoms with Gasteiger partial charge in [-0.3, -0.25) is 0 Å². The fourth-order valence-corrected chi connectivity index (χ4v) is 3.03. The zero-order valence-corrected chi connectivity index (χ0v) is 14.6. The third-order valence-corrected chi connectivity index (χ3v) is 4.43. The molecule has 0 atom stereocenters. The molecular weight excluding hydrogens is 282 g/mol. The monoisotopic (exact) mass is 313 g/mol. The molecule has 0 fully saturated rings. The molecule has 1 aromatic heterocycles. The number of para-hydroxylation sites is 1. The zero-order valence-electron chi connectivity index (χ0n) is 14.6. The number of nitrogen functional groups attached to an aromatic ring is 1. The first-order valence-electron chi connectivity index (χ1n) is 9.32. The van der Waals surface area contributed by atoms with E-state index in [1.807, 2.05) is 24.3 Å². The highest BCUT2D eigenvalue weighted by Crippen LogP contribution is 2.18. The van der Waals surface area contributed by atoms with Crippen molar-refractivity contribution in [3.63, 3.8) is 0 Å². The average Bonchev–Trinajstić information content (AvgIpc) is 2.57. The van der Waals surface area contributed by atoms with Crippen LogP contribution in [0, 0.1) is 0 Å². The predicted octanol–water partition coefficient (Wildman–Crippen LogP) is 5.68. The molecule has 23 heavy (non-hydrogen) atoms. The summed E-state index contributed by atoms with van der Waals surface area (Å²) in [7, 11) is 0. The van der Waals surface area contributed by atoms with Crippen molar-refractivity contribution in [3.8, 4) is 0 Å². The fourth-order valence-electron chi connectivity index (χ4n) is 3.03. The Balaban J connectivity index is 1.61. The van der Waals surface area contributed by atoms with Gasteiger partial charge in [0.1, 0.15) is 11.6 Å². The van der Waals surface area contributed by atoms with E-state index < -0.39 is 0 Å². The maximum atomic E-state index is 6.03. The van der Waals surface area contributed by atoms with Crippen LogP contribution in [0.15, 0.2) is 24.3 Å². The van der Waals surface area contributed by atoms with Crippen LogP contribution in [0.5, 0.6) is 0 Å². The van der Waals surface area contributed by atoms with Crippen molar-refractivity contribution in [2.75, 3.05) is 5.73 Å². The molecular formula is C20H31N3. The van der Waals surface area contributed by atoms with Gasteiger partial charge >= 0.3 is 0 Å². The molecule has 0 bridgehead atoms. The predicted molar refractivity (Wildman–Crippen MR) is 99.5 cm³/mol. The molecule has 1 aromatic carbocycles. The number of anilines is 1. The Kier molecular flexibility index (Phi) is 7.85. The van der Waals surface area contributed by atoms with Crippen LogP contribution in [0.4, 0.5) is 5.82 Å². The summed E-state index contributed by atoms with van der Waals surface area (Å²) in [4.78, 5) is 9.06. The van der Waals surface area contributed by atoms with Crippen LogP contribution >= 0.6 is 0 Å². The maximum absolute atomic E-state index is 6.03. The first-order chi connectivity index (χ1) is 11.3. The number of nitrogens with zero attached hydrogens (tertiary/aromatic N) is 2. The Bertz CT molecular complexity index is 580. The lowest BCUT2D eigenvalue weighted by Crippen LogP contribution is -2.01. The number of hydrogen-bond donors (Lipinski definition) is 1. The number of benzene rings is 1. The van der Waals surface area contributed by atoms with E-state index in [2.05, 4.69) is 16.9 Å². The number of fused-ring (bicyclic) bond motifs is 1. The van der Waals surface area contributed by atoms with Crippen molar-refractivity contribution in [3.05, 3.63) is 30.1 Å². The molecule has 2 N–H and O–H groups in total. The molecule has 0 saturated heterocycles. The van der Waals surface area contributed by atoms with E-state index in [0.717, 1.165) is 29.6 Å². The zero-order chi connectivity index (χ0) is 16.3. The van der Waals surface area contributed by atoms with E-state index in [1.54, 1.807) is 0 Å². The Morgan fingerprint density at radius 1 is 0.783 bits per heavy atom. The van der Waals surface area contributed by atoms with E-state index in [4.69, 9.17) is 5.73 Å². The lowest BCUT2D eigenvalue weighted by Gasteiger charge is -2.05. The lowest BCUT2D eigenvalue weighted by molar-refractivity contribution is 0.554. The number of hydrogen-bond acceptors (Lipinski definition) is 3. The Hall–Kier alpha value is -1.64. The van der Waals surface area contributed by atoms with Crippen molar-refractivity contribution in [2.24, 2.45) is 0 Å². The molecule has 0 aliphatic rings. The Morgan fingerprint density at radius 3 is 2.09 bits per heavy atom. The number of aryl methyl sites for hydroxylation is 1. The van der Waals surface area contributed by atoms with Crippen molar-refractivity contribution in [1.29, 1.82) is 0 Å². The summed E-state index contributed by atoms with van der Waals surface area (Å²) in [6.07, 6.45) is 14.4. The minimum absolute atomic E-state index is 0.609. The van der Waals surface area contributed by atoms with E-state index in [1.165, 1.54) is 57.8 Å². The van der Waals surface area contributed by atoms with E-state index >= 15 is 0 Å². The molecule has 0 amide bonds. The second kappa shape index (κ2) is 10.2. The average molecular weight is 313 g/mol. The second-order valence-electron chi connectivity index (χ2n) is 6.47. The molecule has 3 nitrogen and oxygen atoms in total. The molecule has 0 aliphatic heterocycles. The van der Waals surface area contributed by atoms with Crippen molar-refractivity contribution >= 4 is 16.7 Å². The third kappa shape index (κ3) is 6.17. The highest BCUT2D eigenvalue weighted by Gasteiger charge is 2.04. The maximum Gasteiger partial charge on any atom is 0.135 e. The van der Waals surface area contributed by atoms with Gasteiger partial charge in [-0.05, 0) is 18.6 Å². The minimum atomic E-state index is 0.609. The van der Waals surface area contributed by atoms with Crippen LogP contribution in [-0.4, -0.2) is 9.97 Å². The first kappa shape index (κ1) is 17.7. The summed E-state index contributed by atoms with van der Waals surface area (Å²) >= 11 is 0. The Labute approximate surface area is 140 Å². The second-order valence-corrected chi connectivity index (χ2v) is 6.47. The van der Waals surface area contributed by atoms with Gasteiger partial charge in [-0.1, -0.05) is 76.8 Å². The molecule has 126 valence electrons. The van der Waals surface area contributed by atoms with Gasteiger partial charge in [0.15, 0.2) is 0 Å². The van der Waals surface area contributed by atoms with Crippen LogP contribution in [0.3, 0.4) is 0 Å². The minimum Gasteiger partial charge on any atom is -0.383 e. The van der Waals surface area contributed by atoms with Gasteiger partial charge in [-0.25, -0.2) is 9.97 Å². The van der Waals surface area contributed by atoms with Gasteiger partial charge in [0.2, 0.25) is 0 Å². The summed E-state index contributed by atoms with van der Waals surface area (Å²) in [5.74, 6) is 1.50. The van der Waals surface area contributed by atoms with E-state index in [-0.39, 0.29) is 0 Å². The lowest BCUT2D eigenvalue weighted by atomic mass is 10.1. The number of rotatable bonds is 11. The number of nitrogens with two attached hydrogens (primary N) is 1. The van der Waals surface area contributed by atoms with Crippen LogP contribution in [-0.2, 0) is 6.42 Å². The third-order valence-electron chi connectivity index (χ3n) is 4.43. The molecule has 0 radical (unpaired) electrons. The summed E-state index contributed by atoms with van der Waals surface area (Å²) in [5, 5.41) is 0.958. The van der Waals surface area contributed by atoms with Crippen LogP contribution < -0.4 is 5.73 Å². The topological polar surface area (TPSA) is 51.8 Å². The van der Waals surface area contributed by atoms with Gasteiger partial charge in [-0.15, -0.1) is 0 Å². The summed E-state index contributed by atoms with van der Waals surface area (Å²) in [6.45, 7) is 2.27. The number of aromatic nitrogens is 2. The van der Waals surface area contributed by atoms with Gasteiger partial charge in [-0.2, -0.15) is 0 Å². The number of unbranched alkanes of at least 4 members (excludes halogenated alkanes) is 9. The van der Waals surface area contributed by atoms with Gasteiger partial charge in [0.25, 0.3) is 0 Å². The van der Waals surface area contributed by atoms with Crippen molar-refractivity contribution in [1.82, 2.24) is 9.97 Å². The molecule has 2 rings (SSSR count). The van der Waals surface area contributed by atoms with E-state index in [9.17, 15) is 0 Å². The highest BCUT2D eigenvalue weighted by atomic mass is 14.9. The summed E-state index contributed by atoms with van der Waals surface area (Å²) in [5.41, 5.74) is 6.99. The van der Waals surface area contributed by atoms with Crippen LogP contribution in [0.25, 0.3) is 10.9 Å². The van der Waals surface area contributed by atoms with Crippen molar-refractivity contribution < 1.29 is 0 Å². The summed E-state index contributed by atoms with van der Waals surface area (Å²) in [6, 6.07) is 7.97. The SMILES string of the molecule is CCCCCCCCCCCCc1nc(N)c2ccccc2n1. The quantitative estimate of drug-likeness (QED) is 0.543. The molecule has 1 heterocycles. The van der Waals surface area contributed by atoms with Crippen LogP contribution in [0.2, 0.25) is 0 Å². The first-order valence-corrected chi connectivity index (χ1v) is 9.32. The Morgan fingerprint density at radius 2 is 1.39 bits per heavy atom. The largest absolute Gasteiger partial charge is 0.383 e. The normalized spacial score (nSPS) is 11.2. The van der Waals surface area contributed by atoms with E-state index in [0.29, 0.717) is 5.82 Å². The molecule has 0 saturated carbocycles. The molecule has 0 aliphatic carbocycles. The fraction of sp³-hybridized carbons (Fsp3) is 0.600.